The molecule has 0 fully saturated rings. The molecule has 18 heavy (non-hydrogen) atoms. The van der Waals surface area contributed by atoms with Crippen molar-refractivity contribution in [2.45, 2.75) is 6.18 Å². The highest BCUT2D eigenvalue weighted by Crippen LogP contribution is 2.31. The van der Waals surface area contributed by atoms with Crippen LogP contribution in [0.1, 0.15) is 16.1 Å². The van der Waals surface area contributed by atoms with Crippen molar-refractivity contribution in [3.8, 4) is 0 Å². The fraction of sp³-hybridized carbons (Fsp3) is 0.0909. The molecule has 0 saturated carbocycles. The van der Waals surface area contributed by atoms with Crippen LogP contribution in [0.4, 0.5) is 13.2 Å². The van der Waals surface area contributed by atoms with Gasteiger partial charge in [0.15, 0.2) is 5.56 Å². The molecule has 0 saturated heterocycles. The van der Waals surface area contributed by atoms with Gasteiger partial charge in [-0.25, -0.2) is 4.79 Å². The van der Waals surface area contributed by atoms with Crippen molar-refractivity contribution >= 4 is 16.9 Å². The fourth-order valence-electron chi connectivity index (χ4n) is 1.55. The number of fused-ring (bicyclic) bond motifs is 1. The highest BCUT2D eigenvalue weighted by Gasteiger charge is 2.41. The van der Waals surface area contributed by atoms with E-state index in [1.54, 1.807) is 0 Å². The molecule has 0 amide bonds. The first kappa shape index (κ1) is 12.2. The Balaban J connectivity index is 2.98. The van der Waals surface area contributed by atoms with E-state index in [0.29, 0.717) is 0 Å². The van der Waals surface area contributed by atoms with Crippen molar-refractivity contribution in [3.05, 3.63) is 45.8 Å². The van der Waals surface area contributed by atoms with Gasteiger partial charge in [0.1, 0.15) is 5.58 Å². The summed E-state index contributed by atoms with van der Waals surface area (Å²) in [6.07, 6.45) is -5.08. The van der Waals surface area contributed by atoms with Crippen LogP contribution < -0.4 is 5.43 Å². The van der Waals surface area contributed by atoms with Crippen LogP contribution in [0.15, 0.2) is 33.5 Å². The lowest BCUT2D eigenvalue weighted by Crippen LogP contribution is -2.24. The summed E-state index contributed by atoms with van der Waals surface area (Å²) in [4.78, 5) is 22.4. The second kappa shape index (κ2) is 3.86. The van der Waals surface area contributed by atoms with Crippen LogP contribution in [0, 0.1) is 0 Å². The fourth-order valence-corrected chi connectivity index (χ4v) is 1.55. The summed E-state index contributed by atoms with van der Waals surface area (Å²) in [5, 5.41) is 8.37. The summed E-state index contributed by atoms with van der Waals surface area (Å²) in [5.41, 5.74) is -3.40. The summed E-state index contributed by atoms with van der Waals surface area (Å²) < 4.78 is 42.7. The van der Waals surface area contributed by atoms with E-state index >= 15 is 0 Å². The van der Waals surface area contributed by atoms with Crippen LogP contribution >= 0.6 is 0 Å². The van der Waals surface area contributed by atoms with Gasteiger partial charge >= 0.3 is 12.1 Å². The highest BCUT2D eigenvalue weighted by molar-refractivity contribution is 5.89. The van der Waals surface area contributed by atoms with E-state index in [9.17, 15) is 22.8 Å². The molecular formula is C11H5F3O4. The van der Waals surface area contributed by atoms with E-state index in [1.807, 2.05) is 0 Å². The number of hydrogen-bond acceptors (Lipinski definition) is 3. The Hall–Kier alpha value is -2.31. The van der Waals surface area contributed by atoms with Crippen LogP contribution in [-0.2, 0) is 6.18 Å². The highest BCUT2D eigenvalue weighted by atomic mass is 19.4. The molecule has 2 rings (SSSR count). The molecule has 4 nitrogen and oxygen atoms in total. The smallest absolute Gasteiger partial charge is 0.424 e. The Morgan fingerprint density at radius 3 is 2.39 bits per heavy atom. The van der Waals surface area contributed by atoms with Crippen LogP contribution in [0.2, 0.25) is 0 Å². The van der Waals surface area contributed by atoms with E-state index in [0.717, 1.165) is 6.07 Å². The number of aromatic carboxylic acids is 1. The zero-order chi connectivity index (χ0) is 13.5. The lowest BCUT2D eigenvalue weighted by atomic mass is 10.1. The molecule has 1 N–H and O–H groups in total. The zero-order valence-electron chi connectivity index (χ0n) is 8.62. The predicted molar refractivity (Wildman–Crippen MR) is 54.4 cm³/mol. The molecule has 94 valence electrons. The van der Waals surface area contributed by atoms with Gasteiger partial charge in [-0.15, -0.1) is 0 Å². The summed E-state index contributed by atoms with van der Waals surface area (Å²) in [5.74, 6) is -3.34. The van der Waals surface area contributed by atoms with Gasteiger partial charge < -0.3 is 9.52 Å². The minimum atomic E-state index is -5.08. The first-order chi connectivity index (χ1) is 8.32. The quantitative estimate of drug-likeness (QED) is 0.853. The maximum absolute atomic E-state index is 12.7. The van der Waals surface area contributed by atoms with E-state index in [2.05, 4.69) is 4.42 Å². The van der Waals surface area contributed by atoms with Crippen molar-refractivity contribution < 1.29 is 27.5 Å². The third-order valence-electron chi connectivity index (χ3n) is 2.28. The number of halogens is 3. The number of para-hydroxylation sites is 1. The van der Waals surface area contributed by atoms with E-state index in [4.69, 9.17) is 5.11 Å². The van der Waals surface area contributed by atoms with E-state index < -0.39 is 28.9 Å². The number of hydrogen-bond donors (Lipinski definition) is 1. The first-order valence-corrected chi connectivity index (χ1v) is 4.68. The number of carbonyl (C=O) groups is 1. The average Bonchev–Trinajstić information content (AvgIpc) is 2.27. The summed E-state index contributed by atoms with van der Waals surface area (Å²) in [6, 6.07) is 5.15. The summed E-state index contributed by atoms with van der Waals surface area (Å²) in [7, 11) is 0. The molecule has 0 aliphatic carbocycles. The molecule has 1 heterocycles. The lowest BCUT2D eigenvalue weighted by Gasteiger charge is -2.09. The van der Waals surface area contributed by atoms with Crippen molar-refractivity contribution in [2.75, 3.05) is 0 Å². The van der Waals surface area contributed by atoms with Gasteiger partial charge in [0.2, 0.25) is 11.2 Å². The predicted octanol–water partition coefficient (Wildman–Crippen LogP) is 2.51. The number of rotatable bonds is 1. The van der Waals surface area contributed by atoms with Crippen LogP contribution in [-0.4, -0.2) is 11.1 Å². The van der Waals surface area contributed by atoms with Crippen molar-refractivity contribution in [2.24, 2.45) is 0 Å². The number of carboxylic acid groups (broad SMARTS) is 1. The molecular weight excluding hydrogens is 253 g/mol. The van der Waals surface area contributed by atoms with E-state index in [-0.39, 0.29) is 11.0 Å². The standard InChI is InChI=1S/C11H5F3O4/c12-11(13,14)7-8(15)5-3-1-2-4-6(5)18-9(7)10(16)17/h1-4H,(H,16,17). The van der Waals surface area contributed by atoms with Gasteiger partial charge in [-0.3, -0.25) is 4.79 Å². The normalized spacial score (nSPS) is 11.7. The molecule has 7 heteroatoms. The Morgan fingerprint density at radius 1 is 1.22 bits per heavy atom. The van der Waals surface area contributed by atoms with Gasteiger partial charge in [0.25, 0.3) is 0 Å². The molecule has 0 unspecified atom stereocenters. The Kier molecular flexibility index (Phi) is 2.61. The average molecular weight is 258 g/mol. The SMILES string of the molecule is O=C(O)c1oc2ccccc2c(=O)c1C(F)(F)F. The van der Waals surface area contributed by atoms with Crippen LogP contribution in [0.3, 0.4) is 0 Å². The van der Waals surface area contributed by atoms with Crippen molar-refractivity contribution in [1.82, 2.24) is 0 Å². The Labute approximate surface area is 97.3 Å². The molecule has 2 aromatic rings. The minimum absolute atomic E-state index is 0.201. The molecule has 1 aromatic heterocycles. The first-order valence-electron chi connectivity index (χ1n) is 4.68. The molecule has 0 spiro atoms. The third kappa shape index (κ3) is 1.83. The van der Waals surface area contributed by atoms with Crippen LogP contribution in [0.25, 0.3) is 11.0 Å². The van der Waals surface area contributed by atoms with Gasteiger partial charge in [-0.2, -0.15) is 13.2 Å². The number of carboxylic acids is 1. The number of benzene rings is 1. The maximum Gasteiger partial charge on any atom is 0.424 e. The lowest BCUT2D eigenvalue weighted by molar-refractivity contribution is -0.140. The van der Waals surface area contributed by atoms with Gasteiger partial charge in [-0.05, 0) is 12.1 Å². The molecule has 0 atom stereocenters. The molecule has 1 aromatic carbocycles. The topological polar surface area (TPSA) is 67.5 Å². The van der Waals surface area contributed by atoms with Gasteiger partial charge in [0.05, 0.1) is 5.39 Å². The van der Waals surface area contributed by atoms with Crippen molar-refractivity contribution in [1.29, 1.82) is 0 Å². The van der Waals surface area contributed by atoms with E-state index in [1.165, 1.54) is 18.2 Å². The van der Waals surface area contributed by atoms with Gasteiger partial charge in [-0.1, -0.05) is 12.1 Å². The van der Waals surface area contributed by atoms with Gasteiger partial charge in [0, 0.05) is 0 Å². The maximum atomic E-state index is 12.7. The van der Waals surface area contributed by atoms with Crippen molar-refractivity contribution in [3.63, 3.8) is 0 Å². The second-order valence-electron chi connectivity index (χ2n) is 3.43. The molecule has 0 aliphatic rings. The molecule has 0 bridgehead atoms. The number of alkyl halides is 3. The summed E-state index contributed by atoms with van der Waals surface area (Å²) in [6.45, 7) is 0. The monoisotopic (exact) mass is 258 g/mol. The largest absolute Gasteiger partial charge is 0.475 e. The Morgan fingerprint density at radius 2 is 1.83 bits per heavy atom. The Bertz CT molecular complexity index is 685. The third-order valence-corrected chi connectivity index (χ3v) is 2.28. The van der Waals surface area contributed by atoms with Crippen LogP contribution in [0.5, 0.6) is 0 Å². The second-order valence-corrected chi connectivity index (χ2v) is 3.43. The molecule has 0 aliphatic heterocycles. The molecule has 0 radical (unpaired) electrons. The summed E-state index contributed by atoms with van der Waals surface area (Å²) >= 11 is 0. The zero-order valence-corrected chi connectivity index (χ0v) is 8.62. The minimum Gasteiger partial charge on any atom is -0.475 e.